The molecule has 1 aromatic rings. The number of hydrogen-bond donors (Lipinski definition) is 1. The predicted molar refractivity (Wildman–Crippen MR) is 122 cm³/mol. The molecule has 1 aromatic carbocycles. The van der Waals surface area contributed by atoms with E-state index in [0.717, 1.165) is 12.0 Å². The molecular weight excluding hydrogens is 379 g/mol. The molecule has 1 atom stereocenters. The molecule has 0 spiro atoms. The monoisotopic (exact) mass is 420 g/mol. The van der Waals surface area contributed by atoms with Crippen molar-refractivity contribution in [3.63, 3.8) is 0 Å². The molecule has 0 bridgehead atoms. The van der Waals surface area contributed by atoms with Gasteiger partial charge < -0.3 is 0 Å². The first kappa shape index (κ1) is 28.1. The van der Waals surface area contributed by atoms with Crippen molar-refractivity contribution in [2.75, 3.05) is 0 Å². The quantitative estimate of drug-likeness (QED) is 0.180. The fourth-order valence-electron chi connectivity index (χ4n) is 3.60. The topological polar surface area (TPSA) is 54.4 Å². The molecule has 1 unspecified atom stereocenters. The number of benzene rings is 1. The average molecular weight is 421 g/mol. The van der Waals surface area contributed by atoms with Gasteiger partial charge in [-0.25, -0.2) is 0 Å². The molecule has 0 aromatic heterocycles. The first-order valence-corrected chi connectivity index (χ1v) is 12.5. The Bertz CT molecular complexity index is 584. The van der Waals surface area contributed by atoms with E-state index in [1.165, 1.54) is 95.6 Å². The Morgan fingerprint density at radius 1 is 0.750 bits per heavy atom. The third-order valence-electron chi connectivity index (χ3n) is 5.49. The first-order chi connectivity index (χ1) is 12.9. The third kappa shape index (κ3) is 13.4. The minimum absolute atomic E-state index is 0. The van der Waals surface area contributed by atoms with Crippen molar-refractivity contribution < 1.29 is 13.0 Å². The molecule has 5 heteroatoms. The van der Waals surface area contributed by atoms with Gasteiger partial charge in [0.1, 0.15) is 0 Å². The van der Waals surface area contributed by atoms with Gasteiger partial charge >= 0.3 is 29.6 Å². The summed E-state index contributed by atoms with van der Waals surface area (Å²) in [6.07, 6.45) is 18.9. The van der Waals surface area contributed by atoms with E-state index in [1.807, 2.05) is 12.1 Å². The normalized spacial score (nSPS) is 12.5. The SMILES string of the molecule is CCCCCCCCCCCCCCCC(C)c1ccc(S(=O)(=O)O)cc1.[NaH]. The zero-order chi connectivity index (χ0) is 20.0. The molecule has 0 saturated heterocycles. The van der Waals surface area contributed by atoms with E-state index in [9.17, 15) is 8.42 Å². The summed E-state index contributed by atoms with van der Waals surface area (Å²) in [4.78, 5) is -0.0283. The maximum absolute atomic E-state index is 11.1. The molecule has 158 valence electrons. The summed E-state index contributed by atoms with van der Waals surface area (Å²) < 4.78 is 31.2. The van der Waals surface area contributed by atoms with Crippen LogP contribution in [0.5, 0.6) is 0 Å². The van der Waals surface area contributed by atoms with Crippen molar-refractivity contribution in [3.05, 3.63) is 29.8 Å². The summed E-state index contributed by atoms with van der Waals surface area (Å²) in [7, 11) is -4.09. The summed E-state index contributed by atoms with van der Waals surface area (Å²) in [6.45, 7) is 4.45. The Balaban J connectivity index is 0.00000729. The van der Waals surface area contributed by atoms with Crippen molar-refractivity contribution in [2.24, 2.45) is 0 Å². The van der Waals surface area contributed by atoms with Gasteiger partial charge in [0.25, 0.3) is 10.1 Å². The van der Waals surface area contributed by atoms with Crippen LogP contribution in [0.15, 0.2) is 29.2 Å². The van der Waals surface area contributed by atoms with Gasteiger partial charge in [0.2, 0.25) is 0 Å². The van der Waals surface area contributed by atoms with Crippen LogP contribution in [-0.2, 0) is 10.1 Å². The van der Waals surface area contributed by atoms with Crippen LogP contribution in [0.4, 0.5) is 0 Å². The Kier molecular flexibility index (Phi) is 17.0. The van der Waals surface area contributed by atoms with Crippen LogP contribution in [0.1, 0.15) is 115 Å². The molecule has 0 fully saturated rings. The molecule has 0 aliphatic carbocycles. The fourth-order valence-corrected chi connectivity index (χ4v) is 4.08. The molecule has 0 radical (unpaired) electrons. The second-order valence-corrected chi connectivity index (χ2v) is 9.40. The molecular formula is C23H41NaO3S. The van der Waals surface area contributed by atoms with E-state index in [1.54, 1.807) is 0 Å². The third-order valence-corrected chi connectivity index (χ3v) is 6.36. The van der Waals surface area contributed by atoms with Crippen molar-refractivity contribution >= 4 is 39.7 Å². The van der Waals surface area contributed by atoms with Gasteiger partial charge in [0, 0.05) is 0 Å². The second-order valence-electron chi connectivity index (χ2n) is 7.98. The molecule has 0 saturated carbocycles. The van der Waals surface area contributed by atoms with Crippen LogP contribution in [0.25, 0.3) is 0 Å². The van der Waals surface area contributed by atoms with Gasteiger partial charge in [-0.1, -0.05) is 109 Å². The Morgan fingerprint density at radius 3 is 1.54 bits per heavy atom. The Hall–Kier alpha value is 0.130. The first-order valence-electron chi connectivity index (χ1n) is 11.0. The van der Waals surface area contributed by atoms with Gasteiger partial charge in [-0.3, -0.25) is 4.55 Å². The second kappa shape index (κ2) is 16.9. The number of rotatable bonds is 16. The van der Waals surface area contributed by atoms with Crippen molar-refractivity contribution in [1.29, 1.82) is 0 Å². The predicted octanol–water partition coefficient (Wildman–Crippen LogP) is 6.87. The average Bonchev–Trinajstić information content (AvgIpc) is 2.64. The number of unbranched alkanes of at least 4 members (excludes halogenated alkanes) is 12. The summed E-state index contributed by atoms with van der Waals surface area (Å²) in [5.41, 5.74) is 1.14. The molecule has 0 aliphatic heterocycles. The fraction of sp³-hybridized carbons (Fsp3) is 0.739. The molecule has 0 heterocycles. The van der Waals surface area contributed by atoms with E-state index in [-0.39, 0.29) is 34.5 Å². The zero-order valence-corrected chi connectivity index (χ0v) is 18.3. The summed E-state index contributed by atoms with van der Waals surface area (Å²) in [5.74, 6) is 0.424. The zero-order valence-electron chi connectivity index (χ0n) is 17.5. The summed E-state index contributed by atoms with van der Waals surface area (Å²) in [5, 5.41) is 0. The van der Waals surface area contributed by atoms with Gasteiger partial charge in [-0.2, -0.15) is 8.42 Å². The Labute approximate surface area is 196 Å². The standard InChI is InChI=1S/C23H40O3S.Na.H/c1-3-4-5-6-7-8-9-10-11-12-13-14-15-16-21(2)22-17-19-23(20-18-22)27(24,25)26;;/h17-21H,3-16H2,1-2H3,(H,24,25,26);;. The summed E-state index contributed by atoms with van der Waals surface area (Å²) in [6, 6.07) is 6.61. The van der Waals surface area contributed by atoms with Crippen LogP contribution >= 0.6 is 0 Å². The molecule has 0 amide bonds. The van der Waals surface area contributed by atoms with Gasteiger partial charge in [0.15, 0.2) is 0 Å². The van der Waals surface area contributed by atoms with E-state index in [4.69, 9.17) is 4.55 Å². The Morgan fingerprint density at radius 2 is 1.14 bits per heavy atom. The molecule has 1 N–H and O–H groups in total. The van der Waals surface area contributed by atoms with E-state index < -0.39 is 10.1 Å². The maximum atomic E-state index is 11.1. The van der Waals surface area contributed by atoms with E-state index >= 15 is 0 Å². The van der Waals surface area contributed by atoms with E-state index in [0.29, 0.717) is 5.92 Å². The van der Waals surface area contributed by atoms with Crippen LogP contribution in [0.3, 0.4) is 0 Å². The number of hydrogen-bond acceptors (Lipinski definition) is 2. The van der Waals surface area contributed by atoms with Gasteiger partial charge in [-0.15, -0.1) is 0 Å². The summed E-state index contributed by atoms with van der Waals surface area (Å²) >= 11 is 0. The molecule has 1 rings (SSSR count). The van der Waals surface area contributed by atoms with Crippen molar-refractivity contribution in [3.8, 4) is 0 Å². The van der Waals surface area contributed by atoms with Crippen LogP contribution in [-0.4, -0.2) is 42.5 Å². The van der Waals surface area contributed by atoms with Crippen LogP contribution in [0, 0.1) is 0 Å². The van der Waals surface area contributed by atoms with Crippen molar-refractivity contribution in [2.45, 2.75) is 115 Å². The van der Waals surface area contributed by atoms with Crippen LogP contribution < -0.4 is 0 Å². The van der Waals surface area contributed by atoms with Gasteiger partial charge in [0.05, 0.1) is 4.90 Å². The van der Waals surface area contributed by atoms with Gasteiger partial charge in [-0.05, 0) is 30.0 Å². The van der Waals surface area contributed by atoms with Crippen molar-refractivity contribution in [1.82, 2.24) is 0 Å². The molecule has 3 nitrogen and oxygen atoms in total. The van der Waals surface area contributed by atoms with Crippen LogP contribution in [0.2, 0.25) is 0 Å². The minimum atomic E-state index is -4.09. The van der Waals surface area contributed by atoms with E-state index in [2.05, 4.69) is 13.8 Å². The molecule has 0 aliphatic rings. The molecule has 28 heavy (non-hydrogen) atoms.